The maximum atomic E-state index is 11.0. The number of anilines is 1. The Morgan fingerprint density at radius 3 is 2.48 bits per heavy atom. The highest BCUT2D eigenvalue weighted by atomic mass is 32.1. The first-order chi connectivity index (χ1) is 16.0. The second-order valence-electron chi connectivity index (χ2n) is 7.49. The van der Waals surface area contributed by atoms with E-state index in [0.29, 0.717) is 27.9 Å². The Morgan fingerprint density at radius 1 is 1.03 bits per heavy atom. The van der Waals surface area contributed by atoms with Crippen molar-refractivity contribution in [3.05, 3.63) is 107 Å². The molecule has 0 bridgehead atoms. The summed E-state index contributed by atoms with van der Waals surface area (Å²) in [4.78, 5) is 16.8. The van der Waals surface area contributed by atoms with Gasteiger partial charge in [0.05, 0.1) is 22.3 Å². The van der Waals surface area contributed by atoms with Crippen LogP contribution in [0.3, 0.4) is 0 Å². The minimum Gasteiger partial charge on any atom is -0.506 e. The number of nitrogens with one attached hydrogen (secondary N) is 1. The van der Waals surface area contributed by atoms with Gasteiger partial charge in [0.2, 0.25) is 0 Å². The van der Waals surface area contributed by atoms with E-state index < -0.39 is 11.0 Å². The molecule has 0 saturated carbocycles. The summed E-state index contributed by atoms with van der Waals surface area (Å²) >= 11 is 5.65. The normalized spacial score (nSPS) is 17.7. The van der Waals surface area contributed by atoms with Gasteiger partial charge in [-0.2, -0.15) is 0 Å². The quantitative estimate of drug-likeness (QED) is 0.241. The number of pyridine rings is 1. The van der Waals surface area contributed by atoms with E-state index in [4.69, 9.17) is 16.6 Å². The van der Waals surface area contributed by atoms with E-state index in [2.05, 4.69) is 10.3 Å². The summed E-state index contributed by atoms with van der Waals surface area (Å²) in [5.74, 6) is 1.26. The van der Waals surface area contributed by atoms with Crippen molar-refractivity contribution in [2.24, 2.45) is 0 Å². The van der Waals surface area contributed by atoms with Crippen LogP contribution in [0.15, 0.2) is 89.5 Å². The zero-order valence-corrected chi connectivity index (χ0v) is 18.0. The monoisotopic (exact) mass is 458 g/mol. The number of thiocarbonyl (C=S) groups is 1. The number of rotatable bonds is 5. The van der Waals surface area contributed by atoms with Crippen molar-refractivity contribution in [3.8, 4) is 17.1 Å². The first-order valence-electron chi connectivity index (χ1n) is 10.2. The molecule has 8 nitrogen and oxygen atoms in total. The van der Waals surface area contributed by atoms with Crippen molar-refractivity contribution in [3.63, 3.8) is 0 Å². The second kappa shape index (κ2) is 8.36. The molecule has 1 saturated heterocycles. The molecule has 0 radical (unpaired) electrons. The van der Waals surface area contributed by atoms with Crippen LogP contribution in [0.5, 0.6) is 5.75 Å². The smallest absolute Gasteiger partial charge is 0.269 e. The van der Waals surface area contributed by atoms with Crippen LogP contribution in [-0.4, -0.2) is 20.1 Å². The lowest BCUT2D eigenvalue weighted by atomic mass is 10.0. The van der Waals surface area contributed by atoms with E-state index in [1.54, 1.807) is 36.5 Å². The van der Waals surface area contributed by atoms with E-state index in [1.165, 1.54) is 12.1 Å². The van der Waals surface area contributed by atoms with Crippen LogP contribution < -0.4 is 10.2 Å². The molecule has 5 rings (SSSR count). The van der Waals surface area contributed by atoms with Crippen LogP contribution in [-0.2, 0) is 0 Å². The SMILES string of the molecule is O=[N+]([O-])c1ccc(-c2ccc([C@@H]3[C@@H](c4ccccn4)NC(=S)N3c3ccccc3O)o2)cc1. The number of aromatic nitrogens is 1. The zero-order chi connectivity index (χ0) is 22.9. The Kier molecular flexibility index (Phi) is 5.23. The van der Waals surface area contributed by atoms with Crippen molar-refractivity contribution in [1.82, 2.24) is 10.3 Å². The lowest BCUT2D eigenvalue weighted by Gasteiger charge is -2.26. The van der Waals surface area contributed by atoms with Crippen LogP contribution >= 0.6 is 12.2 Å². The Morgan fingerprint density at radius 2 is 1.79 bits per heavy atom. The van der Waals surface area contributed by atoms with Crippen molar-refractivity contribution in [1.29, 1.82) is 0 Å². The van der Waals surface area contributed by atoms with Crippen molar-refractivity contribution in [2.45, 2.75) is 12.1 Å². The molecule has 4 aromatic rings. The molecule has 0 spiro atoms. The van der Waals surface area contributed by atoms with E-state index in [9.17, 15) is 15.2 Å². The molecule has 164 valence electrons. The van der Waals surface area contributed by atoms with Crippen LogP contribution in [0, 0.1) is 10.1 Å². The topological polar surface area (TPSA) is 105 Å². The van der Waals surface area contributed by atoms with E-state index in [0.717, 1.165) is 5.69 Å². The molecule has 0 amide bonds. The molecule has 0 aliphatic carbocycles. The predicted octanol–water partition coefficient (Wildman–Crippen LogP) is 5.13. The maximum Gasteiger partial charge on any atom is 0.269 e. The van der Waals surface area contributed by atoms with Gasteiger partial charge in [-0.1, -0.05) is 18.2 Å². The highest BCUT2D eigenvalue weighted by Gasteiger charge is 2.43. The average Bonchev–Trinajstić information content (AvgIpc) is 3.45. The number of non-ortho nitro benzene ring substituents is 1. The molecule has 2 aromatic carbocycles. The molecule has 1 aliphatic rings. The molecular weight excluding hydrogens is 440 g/mol. The molecule has 2 atom stereocenters. The van der Waals surface area contributed by atoms with Gasteiger partial charge in [-0.15, -0.1) is 0 Å². The summed E-state index contributed by atoms with van der Waals surface area (Å²) in [6, 6.07) is 21.7. The summed E-state index contributed by atoms with van der Waals surface area (Å²) in [6.45, 7) is 0. The van der Waals surface area contributed by atoms with Crippen LogP contribution in [0.4, 0.5) is 11.4 Å². The minimum absolute atomic E-state index is 0.0109. The van der Waals surface area contributed by atoms with Crippen molar-refractivity contribution >= 4 is 28.7 Å². The number of furan rings is 1. The van der Waals surface area contributed by atoms with Gasteiger partial charge in [-0.25, -0.2) is 0 Å². The fraction of sp³-hybridized carbons (Fsp3) is 0.0833. The fourth-order valence-electron chi connectivity index (χ4n) is 3.99. The van der Waals surface area contributed by atoms with E-state index in [-0.39, 0.29) is 17.5 Å². The van der Waals surface area contributed by atoms with E-state index >= 15 is 0 Å². The van der Waals surface area contributed by atoms with Crippen LogP contribution in [0.1, 0.15) is 23.5 Å². The number of aromatic hydroxyl groups is 1. The van der Waals surface area contributed by atoms with Gasteiger partial charge in [0, 0.05) is 23.9 Å². The number of nitro benzene ring substituents is 1. The molecule has 1 aliphatic heterocycles. The third-order valence-electron chi connectivity index (χ3n) is 5.52. The lowest BCUT2D eigenvalue weighted by Crippen LogP contribution is -2.29. The van der Waals surface area contributed by atoms with Gasteiger partial charge < -0.3 is 19.7 Å². The average molecular weight is 458 g/mol. The zero-order valence-electron chi connectivity index (χ0n) is 17.2. The number of nitro groups is 1. The first-order valence-corrected chi connectivity index (χ1v) is 10.6. The molecule has 3 heterocycles. The Labute approximate surface area is 194 Å². The second-order valence-corrected chi connectivity index (χ2v) is 7.88. The van der Waals surface area contributed by atoms with Gasteiger partial charge in [-0.05, 0) is 60.7 Å². The number of benzene rings is 2. The molecule has 1 fully saturated rings. The van der Waals surface area contributed by atoms with E-state index in [1.807, 2.05) is 41.3 Å². The lowest BCUT2D eigenvalue weighted by molar-refractivity contribution is -0.384. The highest BCUT2D eigenvalue weighted by molar-refractivity contribution is 7.80. The standard InChI is InChI=1S/C24H18N4O4S/c29-19-7-2-1-6-18(19)27-23(22(26-24(27)33)17-5-3-4-14-25-17)21-13-12-20(32-21)15-8-10-16(11-9-15)28(30)31/h1-14,22-23,29H,(H,26,33)/t22-,23-/m1/s1. The third kappa shape index (κ3) is 3.79. The van der Waals surface area contributed by atoms with Crippen molar-refractivity contribution in [2.75, 3.05) is 4.90 Å². The molecule has 0 unspecified atom stereocenters. The van der Waals surface area contributed by atoms with Crippen LogP contribution in [0.2, 0.25) is 0 Å². The molecular formula is C24H18N4O4S. The summed E-state index contributed by atoms with van der Waals surface area (Å²) < 4.78 is 6.23. The number of nitrogens with zero attached hydrogens (tertiary/aromatic N) is 3. The first kappa shape index (κ1) is 20.7. The number of hydrogen-bond donors (Lipinski definition) is 2. The van der Waals surface area contributed by atoms with Crippen LogP contribution in [0.25, 0.3) is 11.3 Å². The number of phenols is 1. The third-order valence-corrected chi connectivity index (χ3v) is 5.83. The summed E-state index contributed by atoms with van der Waals surface area (Å²) in [7, 11) is 0. The Hall–Kier alpha value is -4.24. The number of para-hydroxylation sites is 2. The number of hydrogen-bond acceptors (Lipinski definition) is 6. The molecule has 9 heteroatoms. The molecule has 33 heavy (non-hydrogen) atoms. The largest absolute Gasteiger partial charge is 0.506 e. The minimum atomic E-state index is -0.440. The van der Waals surface area contributed by atoms with Gasteiger partial charge in [0.15, 0.2) is 5.11 Å². The van der Waals surface area contributed by atoms with Gasteiger partial charge >= 0.3 is 0 Å². The summed E-state index contributed by atoms with van der Waals surface area (Å²) in [5.41, 5.74) is 2.04. The highest BCUT2D eigenvalue weighted by Crippen LogP contribution is 2.45. The summed E-state index contributed by atoms with van der Waals surface area (Å²) in [5, 5.41) is 25.2. The Balaban J connectivity index is 1.58. The van der Waals surface area contributed by atoms with Gasteiger partial charge in [0.1, 0.15) is 23.3 Å². The molecule has 2 aromatic heterocycles. The van der Waals surface area contributed by atoms with Gasteiger partial charge in [0.25, 0.3) is 5.69 Å². The molecule has 2 N–H and O–H groups in total. The predicted molar refractivity (Wildman–Crippen MR) is 127 cm³/mol. The maximum absolute atomic E-state index is 11.0. The fourth-order valence-corrected chi connectivity index (χ4v) is 4.32. The number of phenolic OH excluding ortho intramolecular Hbond substituents is 1. The summed E-state index contributed by atoms with van der Waals surface area (Å²) in [6.07, 6.45) is 1.71. The Bertz CT molecular complexity index is 1320. The van der Waals surface area contributed by atoms with Crippen molar-refractivity contribution < 1.29 is 14.4 Å². The van der Waals surface area contributed by atoms with Gasteiger partial charge in [-0.3, -0.25) is 15.1 Å².